The van der Waals surface area contributed by atoms with Gasteiger partial charge in [-0.2, -0.15) is 0 Å². The first-order chi connectivity index (χ1) is 9.56. The predicted molar refractivity (Wildman–Crippen MR) is 82.0 cm³/mol. The predicted octanol–water partition coefficient (Wildman–Crippen LogP) is 4.24. The largest absolute Gasteiger partial charge is 0.508 e. The van der Waals surface area contributed by atoms with Crippen molar-refractivity contribution in [1.82, 2.24) is 0 Å². The van der Waals surface area contributed by atoms with Crippen molar-refractivity contribution in [2.75, 3.05) is 0 Å². The van der Waals surface area contributed by atoms with E-state index in [4.69, 9.17) is 4.42 Å². The molecule has 0 spiro atoms. The van der Waals surface area contributed by atoms with E-state index in [1.165, 1.54) is 6.26 Å². The number of hydrogen-bond donors (Lipinski definition) is 1. The van der Waals surface area contributed by atoms with Crippen molar-refractivity contribution in [2.45, 2.75) is 6.92 Å². The molecule has 0 aliphatic heterocycles. The van der Waals surface area contributed by atoms with Gasteiger partial charge in [0.1, 0.15) is 17.6 Å². The van der Waals surface area contributed by atoms with E-state index >= 15 is 0 Å². The highest BCUT2D eigenvalue weighted by molar-refractivity contribution is 9.10. The molecule has 1 aromatic heterocycles. The van der Waals surface area contributed by atoms with Gasteiger partial charge in [0.2, 0.25) is 0 Å². The highest BCUT2D eigenvalue weighted by atomic mass is 79.9. The molecule has 0 aliphatic rings. The van der Waals surface area contributed by atoms with Crippen molar-refractivity contribution >= 4 is 26.9 Å². The average molecular weight is 331 g/mol. The zero-order valence-corrected chi connectivity index (χ0v) is 12.3. The van der Waals surface area contributed by atoms with E-state index in [2.05, 4.69) is 15.9 Å². The van der Waals surface area contributed by atoms with Crippen LogP contribution in [0, 0.1) is 6.92 Å². The van der Waals surface area contributed by atoms with Gasteiger partial charge in [0, 0.05) is 4.47 Å². The van der Waals surface area contributed by atoms with Crippen LogP contribution in [0.4, 0.5) is 0 Å². The minimum absolute atomic E-state index is 0.0764. The van der Waals surface area contributed by atoms with Crippen LogP contribution >= 0.6 is 15.9 Å². The third-order valence-electron chi connectivity index (χ3n) is 3.23. The summed E-state index contributed by atoms with van der Waals surface area (Å²) in [4.78, 5) is 12.5. The molecule has 20 heavy (non-hydrogen) atoms. The topological polar surface area (TPSA) is 50.4 Å². The normalized spacial score (nSPS) is 10.9. The van der Waals surface area contributed by atoms with E-state index in [1.807, 2.05) is 13.0 Å². The van der Waals surface area contributed by atoms with Crippen molar-refractivity contribution < 1.29 is 9.52 Å². The molecule has 100 valence electrons. The molecule has 0 fully saturated rings. The standard InChI is InChI=1S/C16H11BrO3/c1-9-6-12-15(7-14(9)17)20-8-13(16(12)19)10-2-4-11(18)5-3-10/h2-8,18H,1H3. The van der Waals surface area contributed by atoms with Crippen LogP contribution in [0.2, 0.25) is 0 Å². The Morgan fingerprint density at radius 1 is 1.15 bits per heavy atom. The second-order valence-electron chi connectivity index (χ2n) is 4.62. The average Bonchev–Trinajstić information content (AvgIpc) is 2.43. The highest BCUT2D eigenvalue weighted by Gasteiger charge is 2.10. The van der Waals surface area contributed by atoms with Crippen molar-refractivity contribution in [3.05, 3.63) is 62.9 Å². The lowest BCUT2D eigenvalue weighted by molar-refractivity contribution is 0.475. The fourth-order valence-electron chi connectivity index (χ4n) is 2.10. The highest BCUT2D eigenvalue weighted by Crippen LogP contribution is 2.25. The van der Waals surface area contributed by atoms with Crippen molar-refractivity contribution in [1.29, 1.82) is 0 Å². The lowest BCUT2D eigenvalue weighted by Crippen LogP contribution is -2.05. The van der Waals surface area contributed by atoms with E-state index in [9.17, 15) is 9.90 Å². The van der Waals surface area contributed by atoms with E-state index in [-0.39, 0.29) is 11.2 Å². The molecule has 0 saturated heterocycles. The Labute approximate surface area is 123 Å². The Bertz CT molecular complexity index is 848. The first-order valence-corrected chi connectivity index (χ1v) is 6.86. The second-order valence-corrected chi connectivity index (χ2v) is 5.48. The summed E-state index contributed by atoms with van der Waals surface area (Å²) in [5, 5.41) is 9.86. The molecular weight excluding hydrogens is 320 g/mol. The molecule has 0 amide bonds. The first kappa shape index (κ1) is 12.9. The van der Waals surface area contributed by atoms with Gasteiger partial charge < -0.3 is 9.52 Å². The van der Waals surface area contributed by atoms with Crippen molar-refractivity contribution in [2.24, 2.45) is 0 Å². The summed E-state index contributed by atoms with van der Waals surface area (Å²) in [6, 6.07) is 10.1. The first-order valence-electron chi connectivity index (χ1n) is 6.07. The van der Waals surface area contributed by atoms with E-state index < -0.39 is 0 Å². The monoisotopic (exact) mass is 330 g/mol. The summed E-state index contributed by atoms with van der Waals surface area (Å²) < 4.78 is 6.46. The minimum atomic E-state index is -0.0764. The number of rotatable bonds is 1. The maximum atomic E-state index is 12.5. The van der Waals surface area contributed by atoms with Crippen LogP contribution in [-0.4, -0.2) is 5.11 Å². The van der Waals surface area contributed by atoms with Crippen LogP contribution in [0.25, 0.3) is 22.1 Å². The molecule has 1 N–H and O–H groups in total. The van der Waals surface area contributed by atoms with Gasteiger partial charge in [-0.25, -0.2) is 0 Å². The number of fused-ring (bicyclic) bond motifs is 1. The van der Waals surface area contributed by atoms with Crippen molar-refractivity contribution in [3.8, 4) is 16.9 Å². The van der Waals surface area contributed by atoms with Crippen molar-refractivity contribution in [3.63, 3.8) is 0 Å². The van der Waals surface area contributed by atoms with Crippen LogP contribution in [0.5, 0.6) is 5.75 Å². The SMILES string of the molecule is Cc1cc2c(=O)c(-c3ccc(O)cc3)coc2cc1Br. The number of phenolic OH excluding ortho intramolecular Hbond substituents is 1. The molecule has 2 aromatic carbocycles. The maximum Gasteiger partial charge on any atom is 0.200 e. The lowest BCUT2D eigenvalue weighted by Gasteiger charge is -2.05. The van der Waals surface area contributed by atoms with Gasteiger partial charge in [0.25, 0.3) is 0 Å². The van der Waals surface area contributed by atoms with Gasteiger partial charge in [0.05, 0.1) is 10.9 Å². The summed E-state index contributed by atoms with van der Waals surface area (Å²) in [5.41, 5.74) is 2.66. The molecule has 0 unspecified atom stereocenters. The molecule has 1 heterocycles. The quantitative estimate of drug-likeness (QED) is 0.726. The van der Waals surface area contributed by atoms with Gasteiger partial charge in [-0.1, -0.05) is 28.1 Å². The third-order valence-corrected chi connectivity index (χ3v) is 4.09. The number of halogens is 1. The molecule has 0 aliphatic carbocycles. The zero-order chi connectivity index (χ0) is 14.3. The molecule has 0 saturated carbocycles. The molecule has 0 atom stereocenters. The lowest BCUT2D eigenvalue weighted by atomic mass is 10.0. The number of aryl methyl sites for hydroxylation is 1. The molecule has 3 aromatic rings. The molecule has 4 heteroatoms. The summed E-state index contributed by atoms with van der Waals surface area (Å²) in [7, 11) is 0. The molecule has 0 bridgehead atoms. The summed E-state index contributed by atoms with van der Waals surface area (Å²) in [6.07, 6.45) is 1.46. The second kappa shape index (κ2) is 4.80. The number of aromatic hydroxyl groups is 1. The maximum absolute atomic E-state index is 12.5. The summed E-state index contributed by atoms with van der Waals surface area (Å²) in [5.74, 6) is 0.165. The Morgan fingerprint density at radius 2 is 1.85 bits per heavy atom. The van der Waals surface area contributed by atoms with Crippen LogP contribution in [-0.2, 0) is 0 Å². The number of benzene rings is 2. The summed E-state index contributed by atoms with van der Waals surface area (Å²) >= 11 is 3.42. The van der Waals surface area contributed by atoms with Crippen LogP contribution < -0.4 is 5.43 Å². The minimum Gasteiger partial charge on any atom is -0.508 e. The fourth-order valence-corrected chi connectivity index (χ4v) is 2.42. The third kappa shape index (κ3) is 2.12. The Kier molecular flexibility index (Phi) is 3.10. The van der Waals surface area contributed by atoms with Gasteiger partial charge >= 0.3 is 0 Å². The van der Waals surface area contributed by atoms with Gasteiger partial charge in [-0.3, -0.25) is 4.79 Å². The van der Waals surface area contributed by atoms with Gasteiger partial charge in [-0.15, -0.1) is 0 Å². The van der Waals surface area contributed by atoms with E-state index in [1.54, 1.807) is 30.3 Å². The molecular formula is C16H11BrO3. The van der Waals surface area contributed by atoms with E-state index in [0.717, 1.165) is 15.6 Å². The molecule has 3 nitrogen and oxygen atoms in total. The van der Waals surface area contributed by atoms with Gasteiger partial charge in [0.15, 0.2) is 5.43 Å². The number of hydrogen-bond acceptors (Lipinski definition) is 3. The Balaban J connectivity index is 2.28. The summed E-state index contributed by atoms with van der Waals surface area (Å²) in [6.45, 7) is 1.93. The molecule has 3 rings (SSSR count). The van der Waals surface area contributed by atoms with Crippen LogP contribution in [0.3, 0.4) is 0 Å². The Hall–Kier alpha value is -2.07. The van der Waals surface area contributed by atoms with Gasteiger partial charge in [-0.05, 0) is 42.3 Å². The smallest absolute Gasteiger partial charge is 0.200 e. The number of phenols is 1. The van der Waals surface area contributed by atoms with E-state index in [0.29, 0.717) is 16.5 Å². The van der Waals surface area contributed by atoms with Crippen LogP contribution in [0.15, 0.2) is 56.3 Å². The van der Waals surface area contributed by atoms with Crippen LogP contribution in [0.1, 0.15) is 5.56 Å². The molecule has 0 radical (unpaired) electrons. The zero-order valence-electron chi connectivity index (χ0n) is 10.7. The fraction of sp³-hybridized carbons (Fsp3) is 0.0625. The Morgan fingerprint density at radius 3 is 2.55 bits per heavy atom.